The molecule has 1 fully saturated rings. The number of carbonyl (C=O) groups is 2. The Morgan fingerprint density at radius 3 is 2.64 bits per heavy atom. The minimum atomic E-state index is -0.926. The molecule has 0 aliphatic heterocycles. The molecule has 5 heteroatoms. The molecule has 0 heterocycles. The Hall–Kier alpha value is -1.36. The minimum Gasteiger partial charge on any atom is -0.354 e. The van der Waals surface area contributed by atoms with Crippen LogP contribution in [-0.2, 0) is 9.59 Å². The summed E-state index contributed by atoms with van der Waals surface area (Å²) >= 11 is 0. The van der Waals surface area contributed by atoms with Crippen LogP contribution in [-0.4, -0.2) is 29.9 Å². The highest BCUT2D eigenvalue weighted by Crippen LogP contribution is 2.39. The van der Waals surface area contributed by atoms with Crippen LogP contribution in [0, 0.1) is 11.8 Å². The SMILES string of the molecule is C=C[C@@H]1CC[C@@H](C(C)N)[C@@](NC(C)=O)(C(=O)NCCCC)C1. The van der Waals surface area contributed by atoms with Gasteiger partial charge < -0.3 is 16.4 Å². The van der Waals surface area contributed by atoms with E-state index in [4.69, 9.17) is 5.73 Å². The highest BCUT2D eigenvalue weighted by Gasteiger charge is 2.50. The van der Waals surface area contributed by atoms with Crippen LogP contribution in [0.1, 0.15) is 52.9 Å². The predicted molar refractivity (Wildman–Crippen MR) is 89.1 cm³/mol. The third kappa shape index (κ3) is 4.32. The van der Waals surface area contributed by atoms with E-state index in [9.17, 15) is 9.59 Å². The molecule has 0 bridgehead atoms. The van der Waals surface area contributed by atoms with Crippen molar-refractivity contribution >= 4 is 11.8 Å². The van der Waals surface area contributed by atoms with Gasteiger partial charge in [-0.15, -0.1) is 6.58 Å². The summed E-state index contributed by atoms with van der Waals surface area (Å²) in [5, 5.41) is 5.92. The Kier molecular flexibility index (Phi) is 7.07. The molecule has 126 valence electrons. The maximum absolute atomic E-state index is 12.9. The molecule has 4 atom stereocenters. The molecule has 0 aromatic heterocycles. The van der Waals surface area contributed by atoms with Crippen molar-refractivity contribution in [2.75, 3.05) is 6.54 Å². The van der Waals surface area contributed by atoms with Crippen molar-refractivity contribution in [2.24, 2.45) is 17.6 Å². The molecule has 5 nitrogen and oxygen atoms in total. The zero-order valence-corrected chi connectivity index (χ0v) is 14.2. The van der Waals surface area contributed by atoms with Gasteiger partial charge in [0.05, 0.1) is 0 Å². The topological polar surface area (TPSA) is 84.2 Å². The van der Waals surface area contributed by atoms with Crippen LogP contribution in [0.5, 0.6) is 0 Å². The highest BCUT2D eigenvalue weighted by atomic mass is 16.2. The van der Waals surface area contributed by atoms with E-state index in [1.54, 1.807) is 0 Å². The molecule has 0 aromatic carbocycles. The monoisotopic (exact) mass is 309 g/mol. The summed E-state index contributed by atoms with van der Waals surface area (Å²) in [5.74, 6) is -0.140. The van der Waals surface area contributed by atoms with Crippen molar-refractivity contribution in [3.63, 3.8) is 0 Å². The molecule has 1 rings (SSSR count). The van der Waals surface area contributed by atoms with E-state index in [1.807, 2.05) is 13.0 Å². The van der Waals surface area contributed by atoms with Crippen LogP contribution in [0.2, 0.25) is 0 Å². The summed E-state index contributed by atoms with van der Waals surface area (Å²) in [7, 11) is 0. The molecule has 2 amide bonds. The molecule has 0 saturated heterocycles. The first kappa shape index (κ1) is 18.7. The van der Waals surface area contributed by atoms with Crippen LogP contribution < -0.4 is 16.4 Å². The summed E-state index contributed by atoms with van der Waals surface area (Å²) in [4.78, 5) is 24.6. The summed E-state index contributed by atoms with van der Waals surface area (Å²) in [5.41, 5.74) is 5.22. The number of hydrogen-bond acceptors (Lipinski definition) is 3. The number of amides is 2. The molecule has 1 aliphatic carbocycles. The van der Waals surface area contributed by atoms with E-state index >= 15 is 0 Å². The number of nitrogens with one attached hydrogen (secondary N) is 2. The number of nitrogens with two attached hydrogens (primary N) is 1. The van der Waals surface area contributed by atoms with E-state index in [0.717, 1.165) is 25.7 Å². The standard InChI is InChI=1S/C17H31N3O2/c1-5-7-10-19-16(22)17(20-13(4)21)11-14(6-2)8-9-15(17)12(3)18/h6,12,14-15H,2,5,7-11,18H2,1,3-4H3,(H,19,22)(H,20,21)/t12?,14-,15+,17-/m1/s1. The summed E-state index contributed by atoms with van der Waals surface area (Å²) in [6.45, 7) is 9.93. The second-order valence-corrected chi connectivity index (χ2v) is 6.50. The average Bonchev–Trinajstić information content (AvgIpc) is 2.46. The minimum absolute atomic E-state index is 0.0609. The Balaban J connectivity index is 3.08. The van der Waals surface area contributed by atoms with Gasteiger partial charge in [0.25, 0.3) is 0 Å². The molecule has 0 radical (unpaired) electrons. The molecular weight excluding hydrogens is 278 g/mol. The van der Waals surface area contributed by atoms with Crippen LogP contribution in [0.3, 0.4) is 0 Å². The van der Waals surface area contributed by atoms with Gasteiger partial charge in [0.15, 0.2) is 0 Å². The van der Waals surface area contributed by atoms with Gasteiger partial charge in [-0.25, -0.2) is 0 Å². The third-order valence-corrected chi connectivity index (χ3v) is 4.65. The maximum Gasteiger partial charge on any atom is 0.246 e. The molecule has 4 N–H and O–H groups in total. The number of rotatable bonds is 7. The first-order chi connectivity index (χ1) is 10.4. The normalized spacial score (nSPS) is 29.5. The highest BCUT2D eigenvalue weighted by molar-refractivity contribution is 5.91. The number of hydrogen-bond donors (Lipinski definition) is 3. The molecule has 1 saturated carbocycles. The van der Waals surface area contributed by atoms with Gasteiger partial charge in [0.1, 0.15) is 5.54 Å². The Morgan fingerprint density at radius 2 is 2.14 bits per heavy atom. The van der Waals surface area contributed by atoms with Gasteiger partial charge in [-0.1, -0.05) is 19.4 Å². The van der Waals surface area contributed by atoms with Crippen LogP contribution >= 0.6 is 0 Å². The average molecular weight is 309 g/mol. The van der Waals surface area contributed by atoms with E-state index in [2.05, 4.69) is 24.1 Å². The van der Waals surface area contributed by atoms with Gasteiger partial charge in [-0.05, 0) is 38.5 Å². The zero-order valence-electron chi connectivity index (χ0n) is 14.2. The van der Waals surface area contributed by atoms with Gasteiger partial charge in [-0.3, -0.25) is 9.59 Å². The van der Waals surface area contributed by atoms with Gasteiger partial charge in [0.2, 0.25) is 11.8 Å². The van der Waals surface area contributed by atoms with E-state index in [0.29, 0.717) is 13.0 Å². The number of unbranched alkanes of at least 4 members (excludes halogenated alkanes) is 1. The smallest absolute Gasteiger partial charge is 0.246 e. The fourth-order valence-corrected chi connectivity index (χ4v) is 3.53. The van der Waals surface area contributed by atoms with E-state index in [-0.39, 0.29) is 29.7 Å². The van der Waals surface area contributed by atoms with Crippen LogP contribution in [0.25, 0.3) is 0 Å². The van der Waals surface area contributed by atoms with Gasteiger partial charge in [-0.2, -0.15) is 0 Å². The Morgan fingerprint density at radius 1 is 1.45 bits per heavy atom. The van der Waals surface area contributed by atoms with Gasteiger partial charge in [0, 0.05) is 25.4 Å². The quantitative estimate of drug-likeness (QED) is 0.494. The summed E-state index contributed by atoms with van der Waals surface area (Å²) in [6.07, 6.45) is 6.16. The van der Waals surface area contributed by atoms with Gasteiger partial charge >= 0.3 is 0 Å². The number of allylic oxidation sites excluding steroid dienone is 1. The van der Waals surface area contributed by atoms with Crippen molar-refractivity contribution in [2.45, 2.75) is 64.5 Å². The fourth-order valence-electron chi connectivity index (χ4n) is 3.53. The summed E-state index contributed by atoms with van der Waals surface area (Å²) < 4.78 is 0. The fraction of sp³-hybridized carbons (Fsp3) is 0.765. The molecule has 1 aliphatic rings. The Labute approximate surface area is 134 Å². The molecule has 1 unspecified atom stereocenters. The van der Waals surface area contributed by atoms with Crippen LogP contribution in [0.4, 0.5) is 0 Å². The first-order valence-corrected chi connectivity index (χ1v) is 8.32. The van der Waals surface area contributed by atoms with E-state index < -0.39 is 5.54 Å². The van der Waals surface area contributed by atoms with Crippen molar-refractivity contribution in [3.05, 3.63) is 12.7 Å². The largest absolute Gasteiger partial charge is 0.354 e. The second-order valence-electron chi connectivity index (χ2n) is 6.50. The molecule has 0 aromatic rings. The molecule has 0 spiro atoms. The lowest BCUT2D eigenvalue weighted by Gasteiger charge is -2.47. The second kappa shape index (κ2) is 8.32. The van der Waals surface area contributed by atoms with Crippen LogP contribution in [0.15, 0.2) is 12.7 Å². The number of carbonyl (C=O) groups excluding carboxylic acids is 2. The Bertz CT molecular complexity index is 409. The van der Waals surface area contributed by atoms with Crippen molar-refractivity contribution < 1.29 is 9.59 Å². The molecule has 22 heavy (non-hydrogen) atoms. The third-order valence-electron chi connectivity index (χ3n) is 4.65. The van der Waals surface area contributed by atoms with E-state index in [1.165, 1.54) is 6.92 Å². The van der Waals surface area contributed by atoms with Crippen molar-refractivity contribution in [1.82, 2.24) is 10.6 Å². The van der Waals surface area contributed by atoms with Crippen molar-refractivity contribution in [1.29, 1.82) is 0 Å². The zero-order chi connectivity index (χ0) is 16.8. The lowest BCUT2D eigenvalue weighted by Crippen LogP contribution is -2.67. The summed E-state index contributed by atoms with van der Waals surface area (Å²) in [6, 6.07) is -0.158. The van der Waals surface area contributed by atoms with Crippen molar-refractivity contribution in [3.8, 4) is 0 Å². The maximum atomic E-state index is 12.9. The lowest BCUT2D eigenvalue weighted by atomic mass is 9.65. The lowest BCUT2D eigenvalue weighted by molar-refractivity contribution is -0.138. The predicted octanol–water partition coefficient (Wildman–Crippen LogP) is 1.73. The molecular formula is C17H31N3O2. The first-order valence-electron chi connectivity index (χ1n) is 8.32.